The molecule has 1 unspecified atom stereocenters. The zero-order valence-electron chi connectivity index (χ0n) is 11.0. The van der Waals surface area contributed by atoms with E-state index >= 15 is 0 Å². The highest BCUT2D eigenvalue weighted by atomic mass is 79.9. The van der Waals surface area contributed by atoms with E-state index in [4.69, 9.17) is 10.8 Å². The summed E-state index contributed by atoms with van der Waals surface area (Å²) < 4.78 is 0.576. The second-order valence-electron chi connectivity index (χ2n) is 5.37. The first kappa shape index (κ1) is 15.7. The maximum absolute atomic E-state index is 12.0. The molecule has 0 bridgehead atoms. The van der Waals surface area contributed by atoms with Crippen molar-refractivity contribution in [2.24, 2.45) is 11.1 Å². The number of hydrogen-bond donors (Lipinski definition) is 3. The van der Waals surface area contributed by atoms with Gasteiger partial charge in [-0.15, -0.1) is 0 Å². The minimum absolute atomic E-state index is 0.0917. The van der Waals surface area contributed by atoms with Gasteiger partial charge < -0.3 is 16.2 Å². The summed E-state index contributed by atoms with van der Waals surface area (Å²) in [5, 5.41) is 11.6. The van der Waals surface area contributed by atoms with Crippen LogP contribution in [-0.4, -0.2) is 23.0 Å². The van der Waals surface area contributed by atoms with Crippen LogP contribution in [0, 0.1) is 5.41 Å². The molecule has 0 aliphatic heterocycles. The van der Waals surface area contributed by atoms with E-state index < -0.39 is 12.0 Å². The number of aromatic carboxylic acids is 1. The molecule has 0 spiro atoms. The zero-order valence-corrected chi connectivity index (χ0v) is 12.6. The Kier molecular flexibility index (Phi) is 4.70. The summed E-state index contributed by atoms with van der Waals surface area (Å²) in [7, 11) is 0. The van der Waals surface area contributed by atoms with E-state index in [9.17, 15) is 9.59 Å². The Labute approximate surface area is 120 Å². The number of nitrogens with two attached hydrogens (primary N) is 1. The summed E-state index contributed by atoms with van der Waals surface area (Å²) in [5.41, 5.74) is 5.96. The van der Waals surface area contributed by atoms with Crippen molar-refractivity contribution in [2.75, 3.05) is 5.32 Å². The Morgan fingerprint density at radius 2 is 1.89 bits per heavy atom. The topological polar surface area (TPSA) is 92.4 Å². The van der Waals surface area contributed by atoms with E-state index in [0.717, 1.165) is 0 Å². The molecule has 19 heavy (non-hydrogen) atoms. The smallest absolute Gasteiger partial charge is 0.335 e. The van der Waals surface area contributed by atoms with Gasteiger partial charge in [-0.05, 0) is 23.6 Å². The molecule has 0 saturated carbocycles. The van der Waals surface area contributed by atoms with Crippen LogP contribution < -0.4 is 11.1 Å². The van der Waals surface area contributed by atoms with Crippen molar-refractivity contribution in [1.29, 1.82) is 0 Å². The van der Waals surface area contributed by atoms with E-state index in [0.29, 0.717) is 10.2 Å². The first-order chi connectivity index (χ1) is 8.61. The molecule has 1 aromatic rings. The van der Waals surface area contributed by atoms with E-state index in [1.807, 2.05) is 20.8 Å². The Balaban J connectivity index is 2.94. The fraction of sp³-hybridized carbons (Fsp3) is 0.385. The predicted octanol–water partition coefficient (Wildman–Crippen LogP) is 2.46. The molecular formula is C13H17BrN2O3. The van der Waals surface area contributed by atoms with Crippen LogP contribution in [0.5, 0.6) is 0 Å². The minimum atomic E-state index is -1.06. The van der Waals surface area contributed by atoms with Crippen molar-refractivity contribution in [3.63, 3.8) is 0 Å². The minimum Gasteiger partial charge on any atom is -0.478 e. The highest BCUT2D eigenvalue weighted by Crippen LogP contribution is 2.22. The maximum Gasteiger partial charge on any atom is 0.335 e. The van der Waals surface area contributed by atoms with Gasteiger partial charge >= 0.3 is 5.97 Å². The molecule has 104 valence electrons. The maximum atomic E-state index is 12.0. The Morgan fingerprint density at radius 1 is 1.32 bits per heavy atom. The van der Waals surface area contributed by atoms with Gasteiger partial charge in [-0.25, -0.2) is 4.79 Å². The molecule has 6 heteroatoms. The number of carboxylic acid groups (broad SMARTS) is 1. The van der Waals surface area contributed by atoms with Crippen LogP contribution in [-0.2, 0) is 4.79 Å². The summed E-state index contributed by atoms with van der Waals surface area (Å²) in [4.78, 5) is 22.9. The van der Waals surface area contributed by atoms with Gasteiger partial charge in [0.05, 0.1) is 11.6 Å². The molecule has 0 aromatic heterocycles. The standard InChI is InChI=1S/C13H17BrN2O3/c1-13(2,3)10(15)11(17)16-9-5-7(12(18)19)4-8(14)6-9/h4-6,10H,15H2,1-3H3,(H,16,17)(H,18,19). The number of halogens is 1. The van der Waals surface area contributed by atoms with Gasteiger partial charge in [0, 0.05) is 10.2 Å². The molecule has 1 atom stereocenters. The molecule has 0 heterocycles. The molecule has 0 aliphatic rings. The van der Waals surface area contributed by atoms with Crippen LogP contribution in [0.4, 0.5) is 5.69 Å². The van der Waals surface area contributed by atoms with Crippen LogP contribution >= 0.6 is 15.9 Å². The summed E-state index contributed by atoms with van der Waals surface area (Å²) in [6.07, 6.45) is 0. The van der Waals surface area contributed by atoms with Crippen LogP contribution in [0.25, 0.3) is 0 Å². The summed E-state index contributed by atoms with van der Waals surface area (Å²) in [6.45, 7) is 5.59. The molecule has 1 aromatic carbocycles. The zero-order chi connectivity index (χ0) is 14.8. The molecular weight excluding hydrogens is 312 g/mol. The van der Waals surface area contributed by atoms with Crippen LogP contribution in [0.3, 0.4) is 0 Å². The summed E-state index contributed by atoms with van der Waals surface area (Å²) >= 11 is 3.20. The number of rotatable bonds is 3. The van der Waals surface area contributed by atoms with Crippen molar-refractivity contribution in [3.05, 3.63) is 28.2 Å². The van der Waals surface area contributed by atoms with Gasteiger partial charge in [0.1, 0.15) is 0 Å². The lowest BCUT2D eigenvalue weighted by Crippen LogP contribution is -2.45. The molecule has 0 aliphatic carbocycles. The average Bonchev–Trinajstić information content (AvgIpc) is 2.25. The Hall–Kier alpha value is -1.40. The SMILES string of the molecule is CC(C)(C)C(N)C(=O)Nc1cc(Br)cc(C(=O)O)c1. The largest absolute Gasteiger partial charge is 0.478 e. The van der Waals surface area contributed by atoms with Crippen molar-refractivity contribution in [3.8, 4) is 0 Å². The lowest BCUT2D eigenvalue weighted by atomic mass is 9.87. The van der Waals surface area contributed by atoms with Crippen molar-refractivity contribution >= 4 is 33.5 Å². The molecule has 0 fully saturated rings. The fourth-order valence-corrected chi connectivity index (χ4v) is 1.89. The van der Waals surface area contributed by atoms with Gasteiger partial charge in [-0.3, -0.25) is 4.79 Å². The van der Waals surface area contributed by atoms with Crippen LogP contribution in [0.1, 0.15) is 31.1 Å². The van der Waals surface area contributed by atoms with E-state index in [1.165, 1.54) is 12.1 Å². The second kappa shape index (κ2) is 5.71. The third-order valence-corrected chi connectivity index (χ3v) is 3.09. The Morgan fingerprint density at radius 3 is 2.37 bits per heavy atom. The predicted molar refractivity (Wildman–Crippen MR) is 77.2 cm³/mol. The first-order valence-corrected chi connectivity index (χ1v) is 6.51. The number of carboxylic acids is 1. The average molecular weight is 329 g/mol. The van der Waals surface area contributed by atoms with Gasteiger partial charge in [0.15, 0.2) is 0 Å². The van der Waals surface area contributed by atoms with Gasteiger partial charge in [-0.2, -0.15) is 0 Å². The highest BCUT2D eigenvalue weighted by molar-refractivity contribution is 9.10. The lowest BCUT2D eigenvalue weighted by Gasteiger charge is -2.25. The van der Waals surface area contributed by atoms with Gasteiger partial charge in [0.2, 0.25) is 5.91 Å². The van der Waals surface area contributed by atoms with E-state index in [-0.39, 0.29) is 16.9 Å². The van der Waals surface area contributed by atoms with Gasteiger partial charge in [0.25, 0.3) is 0 Å². The third-order valence-electron chi connectivity index (χ3n) is 2.63. The number of nitrogens with one attached hydrogen (secondary N) is 1. The monoisotopic (exact) mass is 328 g/mol. The van der Waals surface area contributed by atoms with Crippen LogP contribution in [0.2, 0.25) is 0 Å². The number of carbonyl (C=O) groups excluding carboxylic acids is 1. The quantitative estimate of drug-likeness (QED) is 0.794. The third kappa shape index (κ3) is 4.33. The number of benzene rings is 1. The second-order valence-corrected chi connectivity index (χ2v) is 6.28. The number of carbonyl (C=O) groups is 2. The van der Waals surface area contributed by atoms with E-state index in [2.05, 4.69) is 21.2 Å². The van der Waals surface area contributed by atoms with Crippen LogP contribution in [0.15, 0.2) is 22.7 Å². The van der Waals surface area contributed by atoms with Crippen molar-refractivity contribution in [1.82, 2.24) is 0 Å². The fourth-order valence-electron chi connectivity index (χ4n) is 1.40. The van der Waals surface area contributed by atoms with Gasteiger partial charge in [-0.1, -0.05) is 36.7 Å². The van der Waals surface area contributed by atoms with Crippen molar-refractivity contribution < 1.29 is 14.7 Å². The van der Waals surface area contributed by atoms with E-state index in [1.54, 1.807) is 6.07 Å². The molecule has 0 saturated heterocycles. The number of anilines is 1. The van der Waals surface area contributed by atoms with Crippen molar-refractivity contribution in [2.45, 2.75) is 26.8 Å². The number of hydrogen-bond acceptors (Lipinski definition) is 3. The lowest BCUT2D eigenvalue weighted by molar-refractivity contribution is -0.119. The molecule has 0 radical (unpaired) electrons. The molecule has 1 amide bonds. The Bertz CT molecular complexity index is 509. The summed E-state index contributed by atoms with van der Waals surface area (Å²) in [6, 6.07) is 3.79. The molecule has 4 N–H and O–H groups in total. The first-order valence-electron chi connectivity index (χ1n) is 5.71. The summed E-state index contributed by atoms with van der Waals surface area (Å²) in [5.74, 6) is -1.40. The highest BCUT2D eigenvalue weighted by Gasteiger charge is 2.27. The number of amides is 1. The normalized spacial score (nSPS) is 12.9. The molecule has 1 rings (SSSR count). The molecule has 5 nitrogen and oxygen atoms in total.